The zero-order chi connectivity index (χ0) is 14.4. The van der Waals surface area contributed by atoms with Crippen molar-refractivity contribution < 1.29 is 9.90 Å². The number of aromatic nitrogens is 1. The lowest BCUT2D eigenvalue weighted by atomic mass is 9.91. The standard InChI is InChI=1S/C15H19N3O2/c16-11-14-10-13(4-7-17-14)3-1-2-12-5-8-18(9-6-12)15(19)20/h4,7,10,12H,1-3,5-6,8-9H2,(H,19,20). The van der Waals surface area contributed by atoms with E-state index in [4.69, 9.17) is 10.4 Å². The molecule has 106 valence electrons. The zero-order valence-corrected chi connectivity index (χ0v) is 11.5. The molecular formula is C15H19N3O2. The number of likely N-dealkylation sites (tertiary alicyclic amines) is 1. The molecule has 1 saturated heterocycles. The molecule has 0 bridgehead atoms. The number of nitriles is 1. The SMILES string of the molecule is N#Cc1cc(CCCC2CCN(C(=O)O)CC2)ccn1. The monoisotopic (exact) mass is 273 g/mol. The van der Waals surface area contributed by atoms with E-state index < -0.39 is 6.09 Å². The number of piperidine rings is 1. The number of pyridine rings is 1. The van der Waals surface area contributed by atoms with E-state index in [0.29, 0.717) is 24.7 Å². The van der Waals surface area contributed by atoms with E-state index in [1.807, 2.05) is 12.1 Å². The first kappa shape index (κ1) is 14.3. The van der Waals surface area contributed by atoms with Crippen molar-refractivity contribution in [2.75, 3.05) is 13.1 Å². The first-order valence-corrected chi connectivity index (χ1v) is 7.02. The van der Waals surface area contributed by atoms with Crippen LogP contribution >= 0.6 is 0 Å². The molecule has 1 aliphatic rings. The molecule has 1 N–H and O–H groups in total. The molecule has 1 fully saturated rings. The van der Waals surface area contributed by atoms with Gasteiger partial charge in [0.05, 0.1) is 0 Å². The maximum Gasteiger partial charge on any atom is 0.407 e. The maximum atomic E-state index is 10.8. The number of carboxylic acid groups (broad SMARTS) is 1. The molecule has 2 rings (SSSR count). The fourth-order valence-electron chi connectivity index (χ4n) is 2.70. The second kappa shape index (κ2) is 6.90. The van der Waals surface area contributed by atoms with Crippen molar-refractivity contribution in [1.29, 1.82) is 5.26 Å². The lowest BCUT2D eigenvalue weighted by molar-refractivity contribution is 0.123. The molecule has 0 aliphatic carbocycles. The summed E-state index contributed by atoms with van der Waals surface area (Å²) in [6.45, 7) is 1.32. The second-order valence-corrected chi connectivity index (χ2v) is 5.27. The predicted molar refractivity (Wildman–Crippen MR) is 74.2 cm³/mol. The first-order chi connectivity index (χ1) is 9.69. The van der Waals surface area contributed by atoms with Crippen LogP contribution < -0.4 is 0 Å². The molecule has 1 aromatic heterocycles. The topological polar surface area (TPSA) is 77.2 Å². The van der Waals surface area contributed by atoms with Crippen LogP contribution in [-0.4, -0.2) is 34.2 Å². The minimum Gasteiger partial charge on any atom is -0.465 e. The van der Waals surface area contributed by atoms with Gasteiger partial charge in [-0.2, -0.15) is 5.26 Å². The summed E-state index contributed by atoms with van der Waals surface area (Å²) in [4.78, 5) is 16.3. The summed E-state index contributed by atoms with van der Waals surface area (Å²) < 4.78 is 0. The highest BCUT2D eigenvalue weighted by molar-refractivity contribution is 5.64. The molecule has 2 heterocycles. The Labute approximate surface area is 118 Å². The van der Waals surface area contributed by atoms with Crippen LogP contribution in [0.1, 0.15) is 36.9 Å². The van der Waals surface area contributed by atoms with E-state index in [1.54, 1.807) is 6.20 Å². The minimum atomic E-state index is -0.802. The number of rotatable bonds is 4. The Hall–Kier alpha value is -2.09. The molecular weight excluding hydrogens is 254 g/mol. The zero-order valence-electron chi connectivity index (χ0n) is 11.5. The van der Waals surface area contributed by atoms with Crippen LogP contribution in [0.25, 0.3) is 0 Å². The van der Waals surface area contributed by atoms with Crippen LogP contribution in [-0.2, 0) is 6.42 Å². The van der Waals surface area contributed by atoms with Crippen LogP contribution in [0.3, 0.4) is 0 Å². The normalized spacial score (nSPS) is 15.8. The Balaban J connectivity index is 1.71. The lowest BCUT2D eigenvalue weighted by Crippen LogP contribution is -2.37. The average Bonchev–Trinajstić information content (AvgIpc) is 2.48. The van der Waals surface area contributed by atoms with Crippen molar-refractivity contribution in [3.8, 4) is 6.07 Å². The van der Waals surface area contributed by atoms with Gasteiger partial charge < -0.3 is 10.0 Å². The summed E-state index contributed by atoms with van der Waals surface area (Å²) in [7, 11) is 0. The van der Waals surface area contributed by atoms with Gasteiger partial charge in [0.1, 0.15) is 11.8 Å². The highest BCUT2D eigenvalue weighted by Gasteiger charge is 2.21. The van der Waals surface area contributed by atoms with Crippen molar-refractivity contribution in [3.05, 3.63) is 29.6 Å². The van der Waals surface area contributed by atoms with Crippen LogP contribution in [0, 0.1) is 17.2 Å². The Morgan fingerprint density at radius 1 is 1.50 bits per heavy atom. The van der Waals surface area contributed by atoms with E-state index in [-0.39, 0.29) is 0 Å². The Morgan fingerprint density at radius 3 is 2.90 bits per heavy atom. The van der Waals surface area contributed by atoms with Crippen molar-refractivity contribution in [1.82, 2.24) is 9.88 Å². The maximum absolute atomic E-state index is 10.8. The van der Waals surface area contributed by atoms with Gasteiger partial charge >= 0.3 is 6.09 Å². The van der Waals surface area contributed by atoms with Crippen LogP contribution in [0.5, 0.6) is 0 Å². The third kappa shape index (κ3) is 3.95. The summed E-state index contributed by atoms with van der Waals surface area (Å²) in [5.41, 5.74) is 1.62. The van der Waals surface area contributed by atoms with Crippen molar-refractivity contribution in [2.45, 2.75) is 32.1 Å². The fraction of sp³-hybridized carbons (Fsp3) is 0.533. The molecule has 0 unspecified atom stereocenters. The molecule has 5 heteroatoms. The van der Waals surface area contributed by atoms with Gasteiger partial charge in [-0.05, 0) is 55.7 Å². The van der Waals surface area contributed by atoms with E-state index in [2.05, 4.69) is 11.1 Å². The summed E-state index contributed by atoms with van der Waals surface area (Å²) in [6.07, 6.45) is 5.96. The second-order valence-electron chi connectivity index (χ2n) is 5.27. The van der Waals surface area contributed by atoms with E-state index in [1.165, 1.54) is 4.90 Å². The number of carbonyl (C=O) groups is 1. The molecule has 0 atom stereocenters. The smallest absolute Gasteiger partial charge is 0.407 e. The van der Waals surface area contributed by atoms with E-state index in [9.17, 15) is 4.79 Å². The fourth-order valence-corrected chi connectivity index (χ4v) is 2.70. The van der Waals surface area contributed by atoms with Gasteiger partial charge in [-0.15, -0.1) is 0 Å². The lowest BCUT2D eigenvalue weighted by Gasteiger charge is -2.29. The van der Waals surface area contributed by atoms with Gasteiger partial charge in [-0.1, -0.05) is 0 Å². The molecule has 5 nitrogen and oxygen atoms in total. The number of amides is 1. The molecule has 0 aromatic carbocycles. The summed E-state index contributed by atoms with van der Waals surface area (Å²) in [6, 6.07) is 5.84. The minimum absolute atomic E-state index is 0.470. The van der Waals surface area contributed by atoms with Gasteiger partial charge in [-0.3, -0.25) is 0 Å². The average molecular weight is 273 g/mol. The van der Waals surface area contributed by atoms with Crippen LogP contribution in [0.4, 0.5) is 4.79 Å². The highest BCUT2D eigenvalue weighted by Crippen LogP contribution is 2.22. The summed E-state index contributed by atoms with van der Waals surface area (Å²) >= 11 is 0. The van der Waals surface area contributed by atoms with Crippen molar-refractivity contribution in [3.63, 3.8) is 0 Å². The van der Waals surface area contributed by atoms with Crippen LogP contribution in [0.2, 0.25) is 0 Å². The molecule has 0 saturated carbocycles. The Bertz CT molecular complexity index is 502. The quantitative estimate of drug-likeness (QED) is 0.914. The highest BCUT2D eigenvalue weighted by atomic mass is 16.4. The van der Waals surface area contributed by atoms with Gasteiger partial charge in [0.15, 0.2) is 0 Å². The van der Waals surface area contributed by atoms with E-state index >= 15 is 0 Å². The summed E-state index contributed by atoms with van der Waals surface area (Å²) in [5, 5.41) is 17.7. The largest absolute Gasteiger partial charge is 0.465 e. The molecule has 0 spiro atoms. The summed E-state index contributed by atoms with van der Waals surface area (Å²) in [5.74, 6) is 0.628. The van der Waals surface area contributed by atoms with Crippen molar-refractivity contribution in [2.24, 2.45) is 5.92 Å². The van der Waals surface area contributed by atoms with Crippen molar-refractivity contribution >= 4 is 6.09 Å². The first-order valence-electron chi connectivity index (χ1n) is 7.02. The molecule has 1 aromatic rings. The molecule has 1 amide bonds. The predicted octanol–water partition coefficient (Wildman–Crippen LogP) is 2.67. The third-order valence-corrected chi connectivity index (χ3v) is 3.90. The van der Waals surface area contributed by atoms with Gasteiger partial charge in [0.25, 0.3) is 0 Å². The van der Waals surface area contributed by atoms with Gasteiger partial charge in [0.2, 0.25) is 0 Å². The van der Waals surface area contributed by atoms with Crippen LogP contribution in [0.15, 0.2) is 18.3 Å². The van der Waals surface area contributed by atoms with E-state index in [0.717, 1.165) is 37.7 Å². The number of aryl methyl sites for hydroxylation is 1. The molecule has 20 heavy (non-hydrogen) atoms. The number of nitrogens with zero attached hydrogens (tertiary/aromatic N) is 3. The number of hydrogen-bond donors (Lipinski definition) is 1. The third-order valence-electron chi connectivity index (χ3n) is 3.90. The molecule has 0 radical (unpaired) electrons. The van der Waals surface area contributed by atoms with Gasteiger partial charge in [-0.25, -0.2) is 9.78 Å². The molecule has 1 aliphatic heterocycles. The Kier molecular flexibility index (Phi) is 4.94. The number of hydrogen-bond acceptors (Lipinski definition) is 3. The Morgan fingerprint density at radius 2 is 2.25 bits per heavy atom. The van der Waals surface area contributed by atoms with Gasteiger partial charge in [0, 0.05) is 19.3 Å².